The highest BCUT2D eigenvalue weighted by Crippen LogP contribution is 2.31. The maximum absolute atomic E-state index is 11.4. The molecular formula is C10H20INO2S. The highest BCUT2D eigenvalue weighted by molar-refractivity contribution is 14.2. The molecule has 1 aliphatic rings. The third-order valence-electron chi connectivity index (χ3n) is 2.69. The van der Waals surface area contributed by atoms with E-state index in [4.69, 9.17) is 0 Å². The Bertz CT molecular complexity index is 308. The number of rotatable bonds is 2. The van der Waals surface area contributed by atoms with Crippen LogP contribution in [0.25, 0.3) is 0 Å². The lowest BCUT2D eigenvalue weighted by Crippen LogP contribution is -2.38. The molecule has 5 heteroatoms. The van der Waals surface area contributed by atoms with Crippen molar-refractivity contribution in [3.8, 4) is 0 Å². The monoisotopic (exact) mass is 345 g/mol. The number of nitrogens with zero attached hydrogens (tertiary/aromatic N) is 1. The summed E-state index contributed by atoms with van der Waals surface area (Å²) in [6.45, 7) is 8.05. The van der Waals surface area contributed by atoms with Gasteiger partial charge in [0.15, 0.2) is 0 Å². The molecule has 0 radical (unpaired) electrons. The molecule has 0 aromatic rings. The van der Waals surface area contributed by atoms with Crippen molar-refractivity contribution in [3.05, 3.63) is 0 Å². The highest BCUT2D eigenvalue weighted by Gasteiger charge is 2.29. The minimum atomic E-state index is -3.01. The largest absolute Gasteiger partial charge is 0.267 e. The van der Waals surface area contributed by atoms with Gasteiger partial charge in [-0.1, -0.05) is 20.8 Å². The smallest absolute Gasteiger partial charge is 0.201 e. The summed E-state index contributed by atoms with van der Waals surface area (Å²) in [5, 5.41) is 0. The van der Waals surface area contributed by atoms with Crippen molar-refractivity contribution < 1.29 is 8.42 Å². The van der Waals surface area contributed by atoms with Gasteiger partial charge in [0.25, 0.3) is 7.19 Å². The summed E-state index contributed by atoms with van der Waals surface area (Å²) < 4.78 is 24.4. The standard InChI is InChI=1S/C10H20INO2S/c1-10(2,3)7-9-5-4-6-12(8-9)15(11,13)14/h9H,4-8H2,1-3H3. The maximum atomic E-state index is 11.4. The lowest BCUT2D eigenvalue weighted by atomic mass is 9.81. The average molecular weight is 345 g/mol. The van der Waals surface area contributed by atoms with E-state index in [1.54, 1.807) is 25.5 Å². The highest BCUT2D eigenvalue weighted by atomic mass is 127. The maximum Gasteiger partial charge on any atom is 0.267 e. The van der Waals surface area contributed by atoms with Crippen LogP contribution >= 0.6 is 21.2 Å². The van der Waals surface area contributed by atoms with Crippen LogP contribution in [0.3, 0.4) is 0 Å². The Morgan fingerprint density at radius 2 is 2.00 bits per heavy atom. The number of hydrogen-bond donors (Lipinski definition) is 0. The van der Waals surface area contributed by atoms with E-state index in [9.17, 15) is 8.42 Å². The van der Waals surface area contributed by atoms with Crippen LogP contribution in [-0.2, 0) is 7.19 Å². The van der Waals surface area contributed by atoms with Gasteiger partial charge in [0.1, 0.15) is 0 Å². The van der Waals surface area contributed by atoms with Crippen LogP contribution in [-0.4, -0.2) is 25.8 Å². The fourth-order valence-corrected chi connectivity index (χ4v) is 4.07. The summed E-state index contributed by atoms with van der Waals surface area (Å²) in [5.41, 5.74) is 0.294. The molecule has 0 N–H and O–H groups in total. The molecule has 0 aromatic heterocycles. The predicted octanol–water partition coefficient (Wildman–Crippen LogP) is 2.81. The van der Waals surface area contributed by atoms with E-state index in [1.165, 1.54) is 6.42 Å². The van der Waals surface area contributed by atoms with Crippen molar-refractivity contribution in [1.29, 1.82) is 0 Å². The van der Waals surface area contributed by atoms with Gasteiger partial charge in [-0.15, -0.1) is 0 Å². The molecule has 90 valence electrons. The Kier molecular flexibility index (Phi) is 4.45. The van der Waals surface area contributed by atoms with Crippen LogP contribution in [0, 0.1) is 11.3 Å². The molecule has 0 aliphatic carbocycles. The number of halogens is 1. The van der Waals surface area contributed by atoms with E-state index < -0.39 is 7.19 Å². The van der Waals surface area contributed by atoms with E-state index in [0.717, 1.165) is 12.8 Å². The van der Waals surface area contributed by atoms with Crippen LogP contribution in [0.15, 0.2) is 0 Å². The molecule has 1 rings (SSSR count). The van der Waals surface area contributed by atoms with Crippen molar-refractivity contribution >= 4 is 28.4 Å². The molecule has 3 nitrogen and oxygen atoms in total. The quantitative estimate of drug-likeness (QED) is 0.570. The van der Waals surface area contributed by atoms with Gasteiger partial charge in [-0.2, -0.15) is 4.31 Å². The number of hydrogen-bond acceptors (Lipinski definition) is 2. The van der Waals surface area contributed by atoms with Crippen molar-refractivity contribution in [2.24, 2.45) is 11.3 Å². The number of piperidine rings is 1. The first-order valence-electron chi connectivity index (χ1n) is 5.38. The van der Waals surface area contributed by atoms with Gasteiger partial charge in [-0.05, 0) is 30.6 Å². The fraction of sp³-hybridized carbons (Fsp3) is 1.00. The first kappa shape index (κ1) is 13.7. The zero-order chi connectivity index (χ0) is 11.7. The van der Waals surface area contributed by atoms with Gasteiger partial charge in [0.05, 0.1) is 21.2 Å². The molecule has 1 aliphatic heterocycles. The van der Waals surface area contributed by atoms with Gasteiger partial charge < -0.3 is 0 Å². The summed E-state index contributed by atoms with van der Waals surface area (Å²) in [5.74, 6) is 0.531. The second kappa shape index (κ2) is 4.87. The molecule has 0 aromatic carbocycles. The van der Waals surface area contributed by atoms with Crippen molar-refractivity contribution in [3.63, 3.8) is 0 Å². The molecule has 0 spiro atoms. The van der Waals surface area contributed by atoms with E-state index >= 15 is 0 Å². The van der Waals surface area contributed by atoms with Crippen LogP contribution < -0.4 is 0 Å². The molecule has 1 unspecified atom stereocenters. The van der Waals surface area contributed by atoms with Crippen LogP contribution in [0.2, 0.25) is 0 Å². The van der Waals surface area contributed by atoms with E-state index in [-0.39, 0.29) is 0 Å². The van der Waals surface area contributed by atoms with Gasteiger partial charge in [-0.3, -0.25) is 0 Å². The second-order valence-electron chi connectivity index (χ2n) is 5.57. The molecular weight excluding hydrogens is 325 g/mol. The summed E-state index contributed by atoms with van der Waals surface area (Å²) in [4.78, 5) is 0. The molecule has 1 atom stereocenters. The third kappa shape index (κ3) is 4.99. The minimum absolute atomic E-state index is 0.294. The van der Waals surface area contributed by atoms with Gasteiger partial charge in [-0.25, -0.2) is 8.42 Å². The lowest BCUT2D eigenvalue weighted by molar-refractivity contribution is 0.203. The second-order valence-corrected chi connectivity index (χ2v) is 10.3. The Labute approximate surface area is 105 Å². The molecule has 0 amide bonds. The molecule has 15 heavy (non-hydrogen) atoms. The SMILES string of the molecule is CC(C)(C)CC1CCCN(S(=O)(=O)I)C1. The lowest BCUT2D eigenvalue weighted by Gasteiger charge is -2.33. The summed E-state index contributed by atoms with van der Waals surface area (Å²) >= 11 is 1.54. The van der Waals surface area contributed by atoms with E-state index in [2.05, 4.69) is 20.8 Å². The van der Waals surface area contributed by atoms with Gasteiger partial charge in [0, 0.05) is 13.1 Å². The van der Waals surface area contributed by atoms with E-state index in [0.29, 0.717) is 24.4 Å². The third-order valence-corrected chi connectivity index (χ3v) is 5.31. The summed E-state index contributed by atoms with van der Waals surface area (Å²) in [6, 6.07) is 0. The molecule has 1 saturated heterocycles. The van der Waals surface area contributed by atoms with Crippen LogP contribution in [0.5, 0.6) is 0 Å². The Morgan fingerprint density at radius 3 is 2.47 bits per heavy atom. The summed E-state index contributed by atoms with van der Waals surface area (Å²) in [7, 11) is -3.01. The average Bonchev–Trinajstić information content (AvgIpc) is 1.99. The Balaban J connectivity index is 2.57. The van der Waals surface area contributed by atoms with Crippen LogP contribution in [0.1, 0.15) is 40.0 Å². The zero-order valence-corrected chi connectivity index (χ0v) is 12.6. The summed E-state index contributed by atoms with van der Waals surface area (Å²) in [6.07, 6.45) is 3.28. The minimum Gasteiger partial charge on any atom is -0.201 e. The fourth-order valence-electron chi connectivity index (χ4n) is 2.26. The molecule has 1 heterocycles. The van der Waals surface area contributed by atoms with Crippen molar-refractivity contribution in [1.82, 2.24) is 4.31 Å². The Hall–Kier alpha value is 0.640. The zero-order valence-electron chi connectivity index (χ0n) is 9.66. The first-order valence-corrected chi connectivity index (χ1v) is 9.36. The van der Waals surface area contributed by atoms with Crippen molar-refractivity contribution in [2.75, 3.05) is 13.1 Å². The van der Waals surface area contributed by atoms with Gasteiger partial charge >= 0.3 is 0 Å². The van der Waals surface area contributed by atoms with Gasteiger partial charge in [0.2, 0.25) is 0 Å². The van der Waals surface area contributed by atoms with E-state index in [1.807, 2.05) is 0 Å². The van der Waals surface area contributed by atoms with Crippen molar-refractivity contribution in [2.45, 2.75) is 40.0 Å². The topological polar surface area (TPSA) is 37.4 Å². The molecule has 0 saturated carbocycles. The molecule has 0 bridgehead atoms. The Morgan fingerprint density at radius 1 is 1.40 bits per heavy atom. The normalized spacial score (nSPS) is 25.5. The predicted molar refractivity (Wildman–Crippen MR) is 71.3 cm³/mol. The molecule has 1 fully saturated rings. The first-order chi connectivity index (χ1) is 6.68. The van der Waals surface area contributed by atoms with Crippen LogP contribution in [0.4, 0.5) is 0 Å².